The molecule has 0 unspecified atom stereocenters. The van der Waals surface area contributed by atoms with Crippen LogP contribution in [0, 0.1) is 11.7 Å². The lowest BCUT2D eigenvalue weighted by atomic mass is 10.1. The molecular formula is C19H20N4OS2. The summed E-state index contributed by atoms with van der Waals surface area (Å²) in [6.07, 6.45) is 1.74. The van der Waals surface area contributed by atoms with Gasteiger partial charge in [0.15, 0.2) is 10.6 Å². The number of aromatic nitrogens is 3. The Bertz CT molecular complexity index is 956. The number of thiophene rings is 1. The summed E-state index contributed by atoms with van der Waals surface area (Å²) in [5, 5.41) is 9.13. The summed E-state index contributed by atoms with van der Waals surface area (Å²) in [4.78, 5) is 15.8. The molecule has 0 spiro atoms. The zero-order valence-corrected chi connectivity index (χ0v) is 16.1. The highest BCUT2D eigenvalue weighted by molar-refractivity contribution is 7.71. The number of nitrogens with one attached hydrogen (secondary N) is 1. The van der Waals surface area contributed by atoms with Crippen molar-refractivity contribution in [3.05, 3.63) is 69.6 Å². The van der Waals surface area contributed by atoms with Gasteiger partial charge < -0.3 is 4.90 Å². The lowest BCUT2D eigenvalue weighted by Gasteiger charge is -2.21. The molecule has 1 aromatic carbocycles. The first kappa shape index (κ1) is 18.3. The quantitative estimate of drug-likeness (QED) is 0.491. The number of benzene rings is 1. The third-order valence-corrected chi connectivity index (χ3v) is 5.13. The van der Waals surface area contributed by atoms with Gasteiger partial charge in [0.05, 0.1) is 6.54 Å². The Morgan fingerprint density at radius 2 is 2.27 bits per heavy atom. The molecule has 0 bridgehead atoms. The van der Waals surface area contributed by atoms with E-state index in [1.165, 1.54) is 0 Å². The van der Waals surface area contributed by atoms with E-state index in [-0.39, 0.29) is 12.5 Å². The number of hydrogen-bond acceptors (Lipinski definition) is 4. The van der Waals surface area contributed by atoms with Gasteiger partial charge in [-0.25, -0.2) is 0 Å². The van der Waals surface area contributed by atoms with Crippen LogP contribution in [0.25, 0.3) is 11.4 Å². The number of aryl methyl sites for hydroxylation is 1. The molecule has 26 heavy (non-hydrogen) atoms. The van der Waals surface area contributed by atoms with Crippen LogP contribution in [0.5, 0.6) is 0 Å². The average molecular weight is 385 g/mol. The molecule has 0 aliphatic rings. The van der Waals surface area contributed by atoms with E-state index in [4.69, 9.17) is 12.2 Å². The molecule has 134 valence electrons. The molecule has 0 saturated carbocycles. The smallest absolute Gasteiger partial charge is 0.243 e. The van der Waals surface area contributed by atoms with E-state index in [9.17, 15) is 4.79 Å². The highest BCUT2D eigenvalue weighted by Crippen LogP contribution is 2.19. The third-order valence-electron chi connectivity index (χ3n) is 3.96. The van der Waals surface area contributed by atoms with Crippen molar-refractivity contribution < 1.29 is 4.79 Å². The maximum Gasteiger partial charge on any atom is 0.243 e. The lowest BCUT2D eigenvalue weighted by Crippen LogP contribution is -2.33. The minimum absolute atomic E-state index is 0.0234. The molecular weight excluding hydrogens is 364 g/mol. The van der Waals surface area contributed by atoms with E-state index in [1.807, 2.05) is 48.7 Å². The highest BCUT2D eigenvalue weighted by atomic mass is 32.1. The summed E-state index contributed by atoms with van der Waals surface area (Å²) in [6, 6.07) is 12.0. The van der Waals surface area contributed by atoms with Crippen LogP contribution in [0.4, 0.5) is 0 Å². The zero-order chi connectivity index (χ0) is 18.5. The largest absolute Gasteiger partial charge is 0.332 e. The van der Waals surface area contributed by atoms with Crippen LogP contribution in [-0.2, 0) is 17.9 Å². The Labute approximate surface area is 161 Å². The third kappa shape index (κ3) is 4.17. The van der Waals surface area contributed by atoms with Gasteiger partial charge in [-0.3, -0.25) is 14.5 Å². The molecule has 7 heteroatoms. The molecule has 0 aliphatic heterocycles. The van der Waals surface area contributed by atoms with E-state index < -0.39 is 0 Å². The van der Waals surface area contributed by atoms with Crippen molar-refractivity contribution in [2.24, 2.45) is 0 Å². The number of aromatic amines is 1. The van der Waals surface area contributed by atoms with Gasteiger partial charge in [-0.2, -0.15) is 5.10 Å². The van der Waals surface area contributed by atoms with Crippen molar-refractivity contribution in [2.45, 2.75) is 20.0 Å². The van der Waals surface area contributed by atoms with Crippen molar-refractivity contribution in [1.82, 2.24) is 19.7 Å². The summed E-state index contributed by atoms with van der Waals surface area (Å²) >= 11 is 6.98. The first-order chi connectivity index (χ1) is 12.6. The number of nitrogens with zero attached hydrogens (tertiary/aromatic N) is 3. The molecule has 3 rings (SSSR count). The number of H-pyrrole nitrogens is 1. The molecule has 1 N–H and O–H groups in total. The number of carbonyl (C=O) groups is 1. The number of hydrogen-bond donors (Lipinski definition) is 1. The monoisotopic (exact) mass is 384 g/mol. The van der Waals surface area contributed by atoms with Crippen molar-refractivity contribution in [2.75, 3.05) is 6.54 Å². The second-order valence-corrected chi connectivity index (χ2v) is 7.37. The molecule has 0 radical (unpaired) electrons. The van der Waals surface area contributed by atoms with Crippen LogP contribution in [0.15, 0.2) is 54.4 Å². The highest BCUT2D eigenvalue weighted by Gasteiger charge is 2.17. The zero-order valence-electron chi connectivity index (χ0n) is 14.5. The lowest BCUT2D eigenvalue weighted by molar-refractivity contribution is -0.131. The minimum Gasteiger partial charge on any atom is -0.332 e. The fourth-order valence-corrected chi connectivity index (χ4v) is 3.62. The molecule has 2 aromatic heterocycles. The van der Waals surface area contributed by atoms with E-state index in [0.717, 1.165) is 16.0 Å². The topological polar surface area (TPSA) is 53.9 Å². The van der Waals surface area contributed by atoms with Gasteiger partial charge in [0.1, 0.15) is 6.54 Å². The van der Waals surface area contributed by atoms with Crippen molar-refractivity contribution in [3.63, 3.8) is 0 Å². The second-order valence-electron chi connectivity index (χ2n) is 5.95. The van der Waals surface area contributed by atoms with Crippen molar-refractivity contribution >= 4 is 29.5 Å². The molecule has 0 atom stereocenters. The Balaban J connectivity index is 1.85. The van der Waals surface area contributed by atoms with Gasteiger partial charge in [-0.1, -0.05) is 35.9 Å². The normalized spacial score (nSPS) is 10.7. The average Bonchev–Trinajstić information content (AvgIpc) is 3.25. The predicted octanol–water partition coefficient (Wildman–Crippen LogP) is 4.19. The van der Waals surface area contributed by atoms with Crippen LogP contribution in [0.1, 0.15) is 10.4 Å². The number of rotatable bonds is 7. The van der Waals surface area contributed by atoms with Gasteiger partial charge in [-0.15, -0.1) is 17.9 Å². The van der Waals surface area contributed by atoms with Crippen LogP contribution in [0.2, 0.25) is 0 Å². The fourth-order valence-electron chi connectivity index (χ4n) is 2.71. The van der Waals surface area contributed by atoms with Crippen LogP contribution in [0.3, 0.4) is 0 Å². The van der Waals surface area contributed by atoms with Gasteiger partial charge >= 0.3 is 0 Å². The second kappa shape index (κ2) is 8.25. The standard InChI is InChI=1S/C19H20N4OS2/c1-3-9-22(12-16-8-5-10-26-16)17(24)13-23-18(20-21-19(23)25)15-7-4-6-14(2)11-15/h3-8,10-11H,1,9,12-13H2,2H3,(H,21,25). The first-order valence-electron chi connectivity index (χ1n) is 8.22. The van der Waals surface area contributed by atoms with Gasteiger partial charge in [0.25, 0.3) is 0 Å². The Kier molecular flexibility index (Phi) is 5.80. The molecule has 5 nitrogen and oxygen atoms in total. The van der Waals surface area contributed by atoms with Gasteiger partial charge in [0, 0.05) is 17.0 Å². The van der Waals surface area contributed by atoms with Gasteiger partial charge in [0.2, 0.25) is 5.91 Å². The maximum absolute atomic E-state index is 12.9. The Morgan fingerprint density at radius 3 is 2.96 bits per heavy atom. The van der Waals surface area contributed by atoms with Crippen LogP contribution in [-0.4, -0.2) is 32.1 Å². The summed E-state index contributed by atoms with van der Waals surface area (Å²) in [7, 11) is 0. The van der Waals surface area contributed by atoms with Crippen LogP contribution < -0.4 is 0 Å². The molecule has 0 fully saturated rings. The summed E-state index contributed by atoms with van der Waals surface area (Å²) in [5.41, 5.74) is 2.05. The van der Waals surface area contributed by atoms with Crippen molar-refractivity contribution in [1.29, 1.82) is 0 Å². The maximum atomic E-state index is 12.9. The molecule has 0 aliphatic carbocycles. The molecule has 3 aromatic rings. The summed E-state index contributed by atoms with van der Waals surface area (Å²) < 4.78 is 2.18. The van der Waals surface area contributed by atoms with Crippen molar-refractivity contribution in [3.8, 4) is 11.4 Å². The van der Waals surface area contributed by atoms with Gasteiger partial charge in [-0.05, 0) is 36.7 Å². The van der Waals surface area contributed by atoms with E-state index in [0.29, 0.717) is 23.7 Å². The summed E-state index contributed by atoms with van der Waals surface area (Å²) in [6.45, 7) is 6.97. The number of amides is 1. The Morgan fingerprint density at radius 1 is 1.42 bits per heavy atom. The number of carbonyl (C=O) groups excluding carboxylic acids is 1. The molecule has 2 heterocycles. The predicted molar refractivity (Wildman–Crippen MR) is 108 cm³/mol. The van der Waals surface area contributed by atoms with Crippen LogP contribution >= 0.6 is 23.6 Å². The van der Waals surface area contributed by atoms with E-state index >= 15 is 0 Å². The van der Waals surface area contributed by atoms with E-state index in [1.54, 1.807) is 26.9 Å². The molecule has 0 saturated heterocycles. The Hall–Kier alpha value is -2.51. The summed E-state index contributed by atoms with van der Waals surface area (Å²) in [5.74, 6) is 0.645. The first-order valence-corrected chi connectivity index (χ1v) is 9.50. The fraction of sp³-hybridized carbons (Fsp3) is 0.211. The minimum atomic E-state index is -0.0234. The SMILES string of the molecule is C=CCN(Cc1cccs1)C(=O)Cn1c(-c2cccc(C)c2)n[nH]c1=S. The van der Waals surface area contributed by atoms with E-state index in [2.05, 4.69) is 16.8 Å². The molecule has 1 amide bonds.